The number of carbonyl (C=O) groups excluding carboxylic acids is 2. The van der Waals surface area contributed by atoms with Gasteiger partial charge in [-0.25, -0.2) is 14.8 Å². The summed E-state index contributed by atoms with van der Waals surface area (Å²) in [6.07, 6.45) is 18.7. The van der Waals surface area contributed by atoms with Crippen LogP contribution in [0.25, 0.3) is 0 Å². The van der Waals surface area contributed by atoms with Crippen molar-refractivity contribution in [3.05, 3.63) is 53.9 Å². The van der Waals surface area contributed by atoms with E-state index in [1.807, 2.05) is 64.1 Å². The lowest BCUT2D eigenvalue weighted by Crippen LogP contribution is -2.53. The molecule has 272 valence electrons. The molecule has 4 rings (SSSR count). The number of amides is 1. The van der Waals surface area contributed by atoms with E-state index in [0.29, 0.717) is 37.9 Å². The third-order valence-electron chi connectivity index (χ3n) is 10.5. The average Bonchev–Trinajstić information content (AvgIpc) is 3.37. The molecule has 1 unspecified atom stereocenters. The van der Waals surface area contributed by atoms with Gasteiger partial charge in [0.15, 0.2) is 6.10 Å². The van der Waals surface area contributed by atoms with Gasteiger partial charge >= 0.3 is 12.1 Å². The largest absolute Gasteiger partial charge is 0.457 e. The Balaban J connectivity index is 1.46. The first-order valence-electron chi connectivity index (χ1n) is 18.5. The fourth-order valence-corrected chi connectivity index (χ4v) is 7.10. The highest BCUT2D eigenvalue weighted by Crippen LogP contribution is 2.29. The van der Waals surface area contributed by atoms with Crippen LogP contribution in [-0.4, -0.2) is 101 Å². The third kappa shape index (κ3) is 11.4. The van der Waals surface area contributed by atoms with E-state index < -0.39 is 17.8 Å². The molecule has 0 bridgehead atoms. The van der Waals surface area contributed by atoms with Gasteiger partial charge in [0, 0.05) is 70.8 Å². The average molecular weight is 680 g/mol. The molecule has 1 saturated carbocycles. The maximum Gasteiger partial charge on any atom is 0.410 e. The number of ether oxygens (including phenoxy) is 2. The maximum absolute atomic E-state index is 13.5. The van der Waals surface area contributed by atoms with Crippen LogP contribution in [0.15, 0.2) is 48.2 Å². The molecule has 3 aliphatic rings. The van der Waals surface area contributed by atoms with E-state index in [1.54, 1.807) is 24.1 Å². The Kier molecular flexibility index (Phi) is 14.3. The molecular formula is C39H61N5O5. The molecule has 1 aromatic heterocycles. The van der Waals surface area contributed by atoms with E-state index in [1.165, 1.54) is 38.5 Å². The van der Waals surface area contributed by atoms with Crippen molar-refractivity contribution in [2.75, 3.05) is 45.2 Å². The Morgan fingerprint density at radius 1 is 1.10 bits per heavy atom. The SMILES string of the molecule is C/C(=C\C=C\C(C)c1ccnc(N(C)C)n1)[C@H]1OC(=O)C[C@H](C)CC[C@@](C)(O)[C@@H](OC(=O)N2CCN(C3CCCCCC3)CC2)/C=C/[C@@H]1C. The third-order valence-corrected chi connectivity index (χ3v) is 10.5. The molecule has 3 heterocycles. The second-order valence-corrected chi connectivity index (χ2v) is 15.1. The highest BCUT2D eigenvalue weighted by molar-refractivity contribution is 5.70. The minimum absolute atomic E-state index is 0.00305. The van der Waals surface area contributed by atoms with Crippen molar-refractivity contribution in [3.63, 3.8) is 0 Å². The van der Waals surface area contributed by atoms with Crippen molar-refractivity contribution in [1.29, 1.82) is 0 Å². The van der Waals surface area contributed by atoms with Gasteiger partial charge in [0.2, 0.25) is 5.95 Å². The lowest BCUT2D eigenvalue weighted by molar-refractivity contribution is -0.150. The smallest absolute Gasteiger partial charge is 0.410 e. The monoisotopic (exact) mass is 679 g/mol. The second kappa shape index (κ2) is 18.1. The fourth-order valence-electron chi connectivity index (χ4n) is 7.10. The van der Waals surface area contributed by atoms with E-state index in [0.717, 1.165) is 24.4 Å². The van der Waals surface area contributed by atoms with E-state index >= 15 is 0 Å². The van der Waals surface area contributed by atoms with Crippen LogP contribution in [-0.2, 0) is 14.3 Å². The zero-order valence-electron chi connectivity index (χ0n) is 31.0. The second-order valence-electron chi connectivity index (χ2n) is 15.1. The summed E-state index contributed by atoms with van der Waals surface area (Å²) in [5.74, 6) is 0.226. The Morgan fingerprint density at radius 3 is 2.47 bits per heavy atom. The van der Waals surface area contributed by atoms with Gasteiger partial charge in [-0.05, 0) is 63.2 Å². The Morgan fingerprint density at radius 2 is 1.80 bits per heavy atom. The van der Waals surface area contributed by atoms with Crippen molar-refractivity contribution in [2.24, 2.45) is 11.8 Å². The van der Waals surface area contributed by atoms with Crippen LogP contribution in [0.4, 0.5) is 10.7 Å². The van der Waals surface area contributed by atoms with Crippen LogP contribution in [0.1, 0.15) is 104 Å². The quantitative estimate of drug-likeness (QED) is 0.146. The van der Waals surface area contributed by atoms with Crippen molar-refractivity contribution < 1.29 is 24.2 Å². The highest BCUT2D eigenvalue weighted by Gasteiger charge is 2.37. The number of carbonyl (C=O) groups is 2. The minimum Gasteiger partial charge on any atom is -0.457 e. The number of aromatic nitrogens is 2. The van der Waals surface area contributed by atoms with Gasteiger partial charge in [-0.15, -0.1) is 0 Å². The van der Waals surface area contributed by atoms with Gasteiger partial charge in [-0.1, -0.05) is 70.8 Å². The number of nitrogens with zero attached hydrogens (tertiary/aromatic N) is 5. The van der Waals surface area contributed by atoms with Gasteiger partial charge in [0.05, 0.1) is 5.69 Å². The topological polar surface area (TPSA) is 108 Å². The van der Waals surface area contributed by atoms with Gasteiger partial charge in [-0.3, -0.25) is 9.69 Å². The van der Waals surface area contributed by atoms with Crippen LogP contribution >= 0.6 is 0 Å². The molecule has 0 spiro atoms. The summed E-state index contributed by atoms with van der Waals surface area (Å²) >= 11 is 0. The first-order valence-corrected chi connectivity index (χ1v) is 18.5. The van der Waals surface area contributed by atoms with Crippen molar-refractivity contribution in [1.82, 2.24) is 19.8 Å². The predicted octanol–water partition coefficient (Wildman–Crippen LogP) is 6.67. The first-order chi connectivity index (χ1) is 23.3. The fraction of sp³-hybridized carbons (Fsp3) is 0.692. The summed E-state index contributed by atoms with van der Waals surface area (Å²) in [5, 5.41) is 11.7. The summed E-state index contributed by atoms with van der Waals surface area (Å²) in [7, 11) is 3.83. The van der Waals surface area contributed by atoms with E-state index in [4.69, 9.17) is 9.47 Å². The number of esters is 1. The zero-order chi connectivity index (χ0) is 35.6. The van der Waals surface area contributed by atoms with Crippen molar-refractivity contribution >= 4 is 18.0 Å². The Labute approximate surface area is 294 Å². The number of hydrogen-bond donors (Lipinski definition) is 1. The molecule has 6 atom stereocenters. The number of rotatable bonds is 7. The molecule has 1 N–H and O–H groups in total. The molecule has 0 aromatic carbocycles. The molecule has 2 aliphatic heterocycles. The Bertz CT molecular complexity index is 1310. The van der Waals surface area contributed by atoms with Gasteiger partial charge in [-0.2, -0.15) is 0 Å². The molecule has 0 radical (unpaired) electrons. The summed E-state index contributed by atoms with van der Waals surface area (Å²) in [6, 6.07) is 2.53. The summed E-state index contributed by atoms with van der Waals surface area (Å²) in [4.78, 5) is 41.7. The molecule has 2 fully saturated rings. The molecule has 1 amide bonds. The van der Waals surface area contributed by atoms with Crippen molar-refractivity contribution in [3.8, 4) is 0 Å². The number of anilines is 1. The van der Waals surface area contributed by atoms with Crippen LogP contribution < -0.4 is 4.90 Å². The summed E-state index contributed by atoms with van der Waals surface area (Å²) < 4.78 is 12.2. The summed E-state index contributed by atoms with van der Waals surface area (Å²) in [6.45, 7) is 12.7. The van der Waals surface area contributed by atoms with E-state index in [2.05, 4.69) is 27.9 Å². The first kappa shape index (κ1) is 38.6. The molecule has 10 heteroatoms. The van der Waals surface area contributed by atoms with E-state index in [-0.39, 0.29) is 36.2 Å². The van der Waals surface area contributed by atoms with Crippen LogP contribution in [0, 0.1) is 11.8 Å². The van der Waals surface area contributed by atoms with Crippen LogP contribution in [0.3, 0.4) is 0 Å². The van der Waals surface area contributed by atoms with E-state index in [9.17, 15) is 14.7 Å². The predicted molar refractivity (Wildman–Crippen MR) is 194 cm³/mol. The molecule has 49 heavy (non-hydrogen) atoms. The maximum atomic E-state index is 13.5. The summed E-state index contributed by atoms with van der Waals surface area (Å²) in [5.41, 5.74) is 0.512. The lowest BCUT2D eigenvalue weighted by atomic mass is 9.87. The molecule has 1 saturated heterocycles. The van der Waals surface area contributed by atoms with Gasteiger partial charge in [0.25, 0.3) is 0 Å². The standard InChI is InChI=1S/C39H61N5O5/c1-28-19-21-39(5,47)34(48-38(46)44-25-23-43(24-26-44)32-15-10-8-9-11-16-32)18-17-31(4)36(49-35(45)27-28)30(3)14-12-13-29(2)33-20-22-40-37(41-33)42(6)7/h12-14,17-18,20,22,28-29,31-32,34,36,47H,8-11,15-16,19,21,23-27H2,1-7H3/b13-12+,18-17+,30-14+/t28-,29?,31+,34+,36-,39-/m1/s1. The molecule has 1 aromatic rings. The molecule has 1 aliphatic carbocycles. The molecular weight excluding hydrogens is 618 g/mol. The van der Waals surface area contributed by atoms with Gasteiger partial charge in [0.1, 0.15) is 11.7 Å². The number of aliphatic hydroxyl groups is 1. The van der Waals surface area contributed by atoms with Crippen molar-refractivity contribution in [2.45, 2.75) is 122 Å². The Hall–Kier alpha value is -3.24. The normalized spacial score (nSPS) is 30.1. The van der Waals surface area contributed by atoms with Gasteiger partial charge < -0.3 is 24.4 Å². The number of piperazine rings is 1. The number of hydrogen-bond acceptors (Lipinski definition) is 9. The van der Waals surface area contributed by atoms with Crippen LogP contribution in [0.5, 0.6) is 0 Å². The lowest BCUT2D eigenvalue weighted by Gasteiger charge is -2.40. The zero-order valence-corrected chi connectivity index (χ0v) is 31.0. The highest BCUT2D eigenvalue weighted by atomic mass is 16.6. The van der Waals surface area contributed by atoms with Crippen LogP contribution in [0.2, 0.25) is 0 Å². The minimum atomic E-state index is -1.29. The molecule has 10 nitrogen and oxygen atoms in total. The number of cyclic esters (lactones) is 1. The number of allylic oxidation sites excluding steroid dienone is 3.